The smallest absolute Gasteiger partial charge is 0.308 e. The largest absolute Gasteiger partial charge is 0.550 e. The van der Waals surface area contributed by atoms with Crippen LogP contribution in [0.25, 0.3) is 0 Å². The van der Waals surface area contributed by atoms with Crippen LogP contribution in [0.5, 0.6) is 0 Å². The van der Waals surface area contributed by atoms with Crippen LogP contribution in [-0.2, 0) is 33.6 Å². The molecule has 4 heterocycles. The fourth-order valence-electron chi connectivity index (χ4n) is 5.40. The molecule has 4 saturated heterocycles. The number of esters is 1. The second-order valence-corrected chi connectivity index (χ2v) is 8.64. The normalized spacial score (nSPS) is 48.4. The van der Waals surface area contributed by atoms with Gasteiger partial charge in [0.25, 0.3) is 0 Å². The van der Waals surface area contributed by atoms with E-state index >= 15 is 0 Å². The number of hydrogen-bond acceptors (Lipinski definition) is 8. The van der Waals surface area contributed by atoms with Crippen LogP contribution in [0.1, 0.15) is 59.3 Å². The van der Waals surface area contributed by atoms with Crippen LogP contribution in [0.3, 0.4) is 0 Å². The summed E-state index contributed by atoms with van der Waals surface area (Å²) in [7, 11) is 0. The predicted molar refractivity (Wildman–Crippen MR) is 87.2 cm³/mol. The van der Waals surface area contributed by atoms with Gasteiger partial charge < -0.3 is 24.1 Å². The Kier molecular flexibility index (Phi) is 4.73. The van der Waals surface area contributed by atoms with E-state index in [2.05, 4.69) is 6.92 Å². The molecule has 1 saturated carbocycles. The van der Waals surface area contributed by atoms with E-state index in [1.165, 1.54) is 0 Å². The van der Waals surface area contributed by atoms with E-state index < -0.39 is 35.9 Å². The van der Waals surface area contributed by atoms with Crippen LogP contribution in [0.4, 0.5) is 0 Å². The Labute approximate surface area is 158 Å². The molecule has 2 bridgehead atoms. The Morgan fingerprint density at radius 1 is 1.11 bits per heavy atom. The summed E-state index contributed by atoms with van der Waals surface area (Å²) < 4.78 is 17.7. The summed E-state index contributed by atoms with van der Waals surface area (Å²) >= 11 is 0. The van der Waals surface area contributed by atoms with Crippen molar-refractivity contribution in [3.05, 3.63) is 0 Å². The molecule has 27 heavy (non-hydrogen) atoms. The summed E-state index contributed by atoms with van der Waals surface area (Å²) in [5, 5.41) is 10.6. The molecule has 5 aliphatic rings. The molecule has 152 valence electrons. The minimum atomic E-state index is -1.28. The number of carbonyl (C=O) groups is 2. The standard InChI is InChI=1S/C19H28O8/c1-10-4-5-13-11(2)16(23-15(22)7-6-14(20)21)24-17-19(13)12(10)8-9-18(3,25-17)26-27-19/h10-13,16-17H,4-9H2,1-3H3,(H,20,21)/p-1/t10-,11-,12+,13+,16+,17-,18-,19-/m1/s1. The number of rotatable bonds is 4. The number of carbonyl (C=O) groups excluding carboxylic acids is 2. The SMILES string of the molecule is C[C@H]1[C@@H](OC(=O)CCC(=O)[O-])O[C@@H]2O[C@@]3(C)CC[C@H]4[C@H](C)CC[C@@H]1[C@@]24OO3. The summed E-state index contributed by atoms with van der Waals surface area (Å²) in [6.07, 6.45) is 1.48. The fourth-order valence-corrected chi connectivity index (χ4v) is 5.40. The number of hydrogen-bond donors (Lipinski definition) is 0. The van der Waals surface area contributed by atoms with Crippen molar-refractivity contribution in [1.29, 1.82) is 0 Å². The third-order valence-corrected chi connectivity index (χ3v) is 6.88. The molecule has 4 aliphatic heterocycles. The van der Waals surface area contributed by atoms with Gasteiger partial charge in [-0.2, -0.15) is 0 Å². The minimum absolute atomic E-state index is 0.0547. The molecule has 0 aromatic rings. The maximum Gasteiger partial charge on any atom is 0.308 e. The van der Waals surface area contributed by atoms with Gasteiger partial charge in [0.05, 0.1) is 6.42 Å². The van der Waals surface area contributed by atoms with Crippen LogP contribution in [0.15, 0.2) is 0 Å². The zero-order valence-corrected chi connectivity index (χ0v) is 16.0. The van der Waals surface area contributed by atoms with E-state index in [1.807, 2.05) is 13.8 Å². The molecular weight excluding hydrogens is 356 g/mol. The quantitative estimate of drug-likeness (QED) is 0.528. The Hall–Kier alpha value is -1.22. The molecule has 1 spiro atoms. The third kappa shape index (κ3) is 3.06. The van der Waals surface area contributed by atoms with Crippen LogP contribution in [-0.4, -0.2) is 35.9 Å². The highest BCUT2D eigenvalue weighted by Gasteiger charge is 2.69. The first-order valence-electron chi connectivity index (χ1n) is 9.84. The molecule has 0 aromatic heterocycles. The third-order valence-electron chi connectivity index (χ3n) is 6.88. The van der Waals surface area contributed by atoms with Crippen molar-refractivity contribution < 1.29 is 38.7 Å². The topological polar surface area (TPSA) is 103 Å². The summed E-state index contributed by atoms with van der Waals surface area (Å²) in [5.74, 6) is -2.17. The van der Waals surface area contributed by atoms with Crippen molar-refractivity contribution in [3.63, 3.8) is 0 Å². The lowest BCUT2D eigenvalue weighted by molar-refractivity contribution is -0.576. The molecule has 0 unspecified atom stereocenters. The van der Waals surface area contributed by atoms with Gasteiger partial charge in [-0.25, -0.2) is 9.78 Å². The number of carboxylic acids is 1. The highest BCUT2D eigenvalue weighted by Crippen LogP contribution is 2.60. The second-order valence-electron chi connectivity index (χ2n) is 8.64. The molecule has 0 N–H and O–H groups in total. The maximum absolute atomic E-state index is 12.0. The van der Waals surface area contributed by atoms with Crippen molar-refractivity contribution in [3.8, 4) is 0 Å². The minimum Gasteiger partial charge on any atom is -0.550 e. The first kappa shape index (κ1) is 19.1. The molecule has 1 aliphatic carbocycles. The fraction of sp³-hybridized carbons (Fsp3) is 0.895. The lowest BCUT2D eigenvalue weighted by atomic mass is 9.58. The zero-order chi connectivity index (χ0) is 19.4. The average molecular weight is 383 g/mol. The monoisotopic (exact) mass is 383 g/mol. The van der Waals surface area contributed by atoms with Gasteiger partial charge in [-0.1, -0.05) is 13.8 Å². The number of ether oxygens (including phenoxy) is 3. The lowest BCUT2D eigenvalue weighted by Crippen LogP contribution is -2.70. The summed E-state index contributed by atoms with van der Waals surface area (Å²) in [6, 6.07) is 0. The van der Waals surface area contributed by atoms with Crippen LogP contribution < -0.4 is 5.11 Å². The van der Waals surface area contributed by atoms with E-state index in [0.717, 1.165) is 19.3 Å². The summed E-state index contributed by atoms with van der Waals surface area (Å²) in [6.45, 7) is 6.04. The molecular formula is C19H27O8-. The Balaban J connectivity index is 1.58. The van der Waals surface area contributed by atoms with Gasteiger partial charge >= 0.3 is 5.97 Å². The van der Waals surface area contributed by atoms with Gasteiger partial charge in [0.2, 0.25) is 12.1 Å². The van der Waals surface area contributed by atoms with Gasteiger partial charge in [0, 0.05) is 24.2 Å². The van der Waals surface area contributed by atoms with Crippen LogP contribution >= 0.6 is 0 Å². The first-order chi connectivity index (χ1) is 12.7. The lowest BCUT2D eigenvalue weighted by Gasteiger charge is -2.59. The van der Waals surface area contributed by atoms with E-state index in [0.29, 0.717) is 12.3 Å². The number of fused-ring (bicyclic) bond motifs is 2. The Morgan fingerprint density at radius 3 is 2.63 bits per heavy atom. The van der Waals surface area contributed by atoms with E-state index in [-0.39, 0.29) is 30.6 Å². The maximum atomic E-state index is 12.0. The molecule has 5 fully saturated rings. The highest BCUT2D eigenvalue weighted by molar-refractivity contribution is 5.75. The van der Waals surface area contributed by atoms with Crippen LogP contribution in [0.2, 0.25) is 0 Å². The second kappa shape index (κ2) is 6.69. The van der Waals surface area contributed by atoms with E-state index in [4.69, 9.17) is 24.0 Å². The van der Waals surface area contributed by atoms with Gasteiger partial charge in [0.1, 0.15) is 0 Å². The summed E-state index contributed by atoms with van der Waals surface area (Å²) in [4.78, 5) is 34.4. The molecule has 8 atom stereocenters. The highest BCUT2D eigenvalue weighted by atomic mass is 17.3. The zero-order valence-electron chi connectivity index (χ0n) is 16.0. The van der Waals surface area contributed by atoms with Gasteiger partial charge in [0.15, 0.2) is 11.9 Å². The molecule has 8 nitrogen and oxygen atoms in total. The first-order valence-corrected chi connectivity index (χ1v) is 9.84. The van der Waals surface area contributed by atoms with Gasteiger partial charge in [-0.05, 0) is 44.4 Å². The molecule has 5 rings (SSSR count). The number of carboxylic acid groups (broad SMARTS) is 1. The van der Waals surface area contributed by atoms with Crippen molar-refractivity contribution in [2.45, 2.75) is 83.3 Å². The Bertz CT molecular complexity index is 623. The van der Waals surface area contributed by atoms with Crippen molar-refractivity contribution in [2.24, 2.45) is 23.7 Å². The summed E-state index contributed by atoms with van der Waals surface area (Å²) in [5.41, 5.74) is -0.707. The van der Waals surface area contributed by atoms with Crippen molar-refractivity contribution >= 4 is 11.9 Å². The molecule has 0 amide bonds. The average Bonchev–Trinajstić information content (AvgIpc) is 2.84. The van der Waals surface area contributed by atoms with Crippen molar-refractivity contribution in [1.82, 2.24) is 0 Å². The van der Waals surface area contributed by atoms with E-state index in [9.17, 15) is 14.7 Å². The van der Waals surface area contributed by atoms with Gasteiger partial charge in [-0.15, -0.1) is 0 Å². The van der Waals surface area contributed by atoms with Gasteiger partial charge in [-0.3, -0.25) is 4.79 Å². The molecule has 0 radical (unpaired) electrons. The number of aliphatic carboxylic acids is 1. The molecule has 0 aromatic carbocycles. The van der Waals surface area contributed by atoms with E-state index in [1.54, 1.807) is 0 Å². The predicted octanol–water partition coefficient (Wildman–Crippen LogP) is 1.27. The molecule has 8 heteroatoms. The van der Waals surface area contributed by atoms with Crippen molar-refractivity contribution in [2.75, 3.05) is 0 Å². The Morgan fingerprint density at radius 2 is 1.89 bits per heavy atom. The van der Waals surface area contributed by atoms with Crippen LogP contribution in [0, 0.1) is 23.7 Å².